The topological polar surface area (TPSA) is 77.5 Å². The lowest BCUT2D eigenvalue weighted by Crippen LogP contribution is -2.45. The minimum Gasteiger partial charge on any atom is -0.480 e. The van der Waals surface area contributed by atoms with Crippen molar-refractivity contribution < 1.29 is 9.90 Å². The number of aliphatic carboxylic acids is 1. The number of hydrogen-bond donors (Lipinski definition) is 3. The summed E-state index contributed by atoms with van der Waals surface area (Å²) in [5.41, 5.74) is 3.40. The van der Waals surface area contributed by atoms with Gasteiger partial charge in [-0.3, -0.25) is 9.69 Å². The number of likely N-dealkylation sites (tertiary alicyclic amines) is 1. The van der Waals surface area contributed by atoms with Crippen molar-refractivity contribution in [3.63, 3.8) is 0 Å². The molecule has 1 atom stereocenters. The van der Waals surface area contributed by atoms with Crippen LogP contribution in [0.1, 0.15) is 55.0 Å². The number of hydrogen-bond acceptors (Lipinski definition) is 5. The van der Waals surface area contributed by atoms with Gasteiger partial charge in [-0.2, -0.15) is 0 Å². The number of unbranched alkanes of at least 4 members (excludes halogenated alkanes) is 1. The summed E-state index contributed by atoms with van der Waals surface area (Å²) in [7, 11) is 0. The number of aryl methyl sites for hydroxylation is 2. The first kappa shape index (κ1) is 21.8. The molecule has 1 aromatic heterocycles. The van der Waals surface area contributed by atoms with Crippen molar-refractivity contribution in [1.82, 2.24) is 15.2 Å². The highest BCUT2D eigenvalue weighted by Crippen LogP contribution is 2.25. The van der Waals surface area contributed by atoms with Crippen molar-refractivity contribution in [3.05, 3.63) is 59.3 Å². The lowest BCUT2D eigenvalue weighted by atomic mass is 9.99. The molecule has 0 unspecified atom stereocenters. The zero-order valence-corrected chi connectivity index (χ0v) is 18.2. The van der Waals surface area contributed by atoms with Crippen molar-refractivity contribution in [2.75, 3.05) is 31.5 Å². The molecule has 166 valence electrons. The summed E-state index contributed by atoms with van der Waals surface area (Å²) in [5.74, 6) is 0.326. The Balaban J connectivity index is 1.16. The van der Waals surface area contributed by atoms with E-state index in [4.69, 9.17) is 4.98 Å². The normalized spacial score (nSPS) is 18.2. The monoisotopic (exact) mass is 422 g/mol. The lowest BCUT2D eigenvalue weighted by molar-refractivity contribution is -0.144. The van der Waals surface area contributed by atoms with Gasteiger partial charge in [-0.15, -0.1) is 0 Å². The lowest BCUT2D eigenvalue weighted by Gasteiger charge is -2.36. The van der Waals surface area contributed by atoms with E-state index in [1.807, 2.05) is 30.3 Å². The number of aromatic nitrogens is 1. The molecule has 1 saturated heterocycles. The molecule has 2 aliphatic heterocycles. The van der Waals surface area contributed by atoms with Gasteiger partial charge in [-0.25, -0.2) is 4.98 Å². The number of benzene rings is 1. The van der Waals surface area contributed by atoms with E-state index in [1.165, 1.54) is 17.7 Å². The third-order valence-electron chi connectivity index (χ3n) is 6.49. The van der Waals surface area contributed by atoms with Gasteiger partial charge in [0.1, 0.15) is 11.9 Å². The SMILES string of the molecule is O=C(O)[C@H](c1ccccc1)N1CCC(NCCCCc2ccc3c(n2)NCCC3)CC1. The van der Waals surface area contributed by atoms with Gasteiger partial charge >= 0.3 is 5.97 Å². The van der Waals surface area contributed by atoms with Gasteiger partial charge in [-0.05, 0) is 68.7 Å². The van der Waals surface area contributed by atoms with Gasteiger partial charge in [-0.1, -0.05) is 36.4 Å². The highest BCUT2D eigenvalue weighted by atomic mass is 16.4. The molecule has 0 amide bonds. The largest absolute Gasteiger partial charge is 0.480 e. The number of carboxylic acid groups (broad SMARTS) is 1. The van der Waals surface area contributed by atoms with Gasteiger partial charge in [0.25, 0.3) is 0 Å². The van der Waals surface area contributed by atoms with Crippen LogP contribution < -0.4 is 10.6 Å². The summed E-state index contributed by atoms with van der Waals surface area (Å²) < 4.78 is 0. The highest BCUT2D eigenvalue weighted by Gasteiger charge is 2.30. The standard InChI is InChI=1S/C25H34N4O2/c30-25(31)23(19-7-2-1-3-8-19)29-17-13-21(14-18-29)26-15-5-4-10-22-12-11-20-9-6-16-27-24(20)28-22/h1-3,7-8,11-12,21,23,26H,4-6,9-10,13-18H2,(H,27,28)(H,30,31)/t23-/m0/s1. The molecule has 2 aromatic rings. The van der Waals surface area contributed by atoms with Crippen LogP contribution in [0.25, 0.3) is 0 Å². The van der Waals surface area contributed by atoms with Gasteiger partial charge in [0.15, 0.2) is 0 Å². The first-order valence-corrected chi connectivity index (χ1v) is 11.7. The van der Waals surface area contributed by atoms with E-state index >= 15 is 0 Å². The highest BCUT2D eigenvalue weighted by molar-refractivity contribution is 5.75. The number of piperidine rings is 1. The molecular weight excluding hydrogens is 388 g/mol. The molecular formula is C25H34N4O2. The fraction of sp³-hybridized carbons (Fsp3) is 0.520. The average molecular weight is 423 g/mol. The summed E-state index contributed by atoms with van der Waals surface area (Å²) >= 11 is 0. The van der Waals surface area contributed by atoms with Crippen molar-refractivity contribution in [2.24, 2.45) is 0 Å². The maximum absolute atomic E-state index is 11.9. The minimum absolute atomic E-state index is 0.479. The zero-order valence-electron chi connectivity index (χ0n) is 18.2. The maximum atomic E-state index is 11.9. The Bertz CT molecular complexity index is 850. The third kappa shape index (κ3) is 5.83. The number of nitrogens with one attached hydrogen (secondary N) is 2. The second kappa shape index (κ2) is 10.7. The van der Waals surface area contributed by atoms with Gasteiger partial charge in [0.05, 0.1) is 0 Å². The van der Waals surface area contributed by atoms with E-state index in [0.717, 1.165) is 76.1 Å². The van der Waals surface area contributed by atoms with E-state index in [1.54, 1.807) is 0 Å². The predicted octanol–water partition coefficient (Wildman–Crippen LogP) is 3.64. The van der Waals surface area contributed by atoms with Crippen LogP contribution >= 0.6 is 0 Å². The number of fused-ring (bicyclic) bond motifs is 1. The molecule has 0 radical (unpaired) electrons. The summed E-state index contributed by atoms with van der Waals surface area (Å²) in [6, 6.07) is 13.9. The Morgan fingerprint density at radius 1 is 1.16 bits per heavy atom. The van der Waals surface area contributed by atoms with Crippen LogP contribution in [0.5, 0.6) is 0 Å². The van der Waals surface area contributed by atoms with E-state index in [-0.39, 0.29) is 0 Å². The third-order valence-corrected chi connectivity index (χ3v) is 6.49. The minimum atomic E-state index is -0.761. The number of carboxylic acids is 1. The van der Waals surface area contributed by atoms with Crippen LogP contribution in [0.3, 0.4) is 0 Å². The Morgan fingerprint density at radius 3 is 2.74 bits per heavy atom. The molecule has 2 aliphatic rings. The Labute approximate surface area is 185 Å². The smallest absolute Gasteiger partial charge is 0.325 e. The predicted molar refractivity (Wildman–Crippen MR) is 123 cm³/mol. The van der Waals surface area contributed by atoms with Crippen LogP contribution in [0.4, 0.5) is 5.82 Å². The van der Waals surface area contributed by atoms with Crippen molar-refractivity contribution in [3.8, 4) is 0 Å². The molecule has 3 N–H and O–H groups in total. The van der Waals surface area contributed by atoms with Gasteiger partial charge < -0.3 is 15.7 Å². The average Bonchev–Trinajstić information content (AvgIpc) is 2.80. The summed E-state index contributed by atoms with van der Waals surface area (Å²) in [6.45, 7) is 3.67. The Hall–Kier alpha value is -2.44. The second-order valence-electron chi connectivity index (χ2n) is 8.71. The number of carbonyl (C=O) groups is 1. The number of rotatable bonds is 9. The summed E-state index contributed by atoms with van der Waals surface area (Å²) in [4.78, 5) is 18.7. The van der Waals surface area contributed by atoms with Gasteiger partial charge in [0, 0.05) is 31.4 Å². The molecule has 3 heterocycles. The quantitative estimate of drug-likeness (QED) is 0.536. The molecule has 0 saturated carbocycles. The summed E-state index contributed by atoms with van der Waals surface area (Å²) in [5, 5.41) is 16.8. The van der Waals surface area contributed by atoms with Crippen LogP contribution in [0, 0.1) is 0 Å². The molecule has 4 rings (SSSR count). The van der Waals surface area contributed by atoms with Crippen LogP contribution in [-0.4, -0.2) is 53.2 Å². The molecule has 0 aliphatic carbocycles. The van der Waals surface area contributed by atoms with Crippen LogP contribution in [0.2, 0.25) is 0 Å². The van der Waals surface area contributed by atoms with Gasteiger partial charge in [0.2, 0.25) is 0 Å². The Kier molecular flexibility index (Phi) is 7.54. The van der Waals surface area contributed by atoms with Crippen LogP contribution in [-0.2, 0) is 17.6 Å². The van der Waals surface area contributed by atoms with Crippen molar-refractivity contribution >= 4 is 11.8 Å². The number of anilines is 1. The molecule has 0 spiro atoms. The molecule has 31 heavy (non-hydrogen) atoms. The Morgan fingerprint density at radius 2 is 1.97 bits per heavy atom. The summed E-state index contributed by atoms with van der Waals surface area (Å²) in [6.07, 6.45) is 7.61. The molecule has 1 fully saturated rings. The van der Waals surface area contributed by atoms with E-state index in [9.17, 15) is 9.90 Å². The molecule has 1 aromatic carbocycles. The zero-order chi connectivity index (χ0) is 21.5. The fourth-order valence-electron chi connectivity index (χ4n) is 4.75. The molecule has 6 nitrogen and oxygen atoms in total. The first-order chi connectivity index (χ1) is 15.2. The molecule has 6 heteroatoms. The van der Waals surface area contributed by atoms with Crippen LogP contribution in [0.15, 0.2) is 42.5 Å². The van der Waals surface area contributed by atoms with Crippen molar-refractivity contribution in [2.45, 2.75) is 57.0 Å². The number of pyridine rings is 1. The number of nitrogens with zero attached hydrogens (tertiary/aromatic N) is 2. The first-order valence-electron chi connectivity index (χ1n) is 11.7. The molecule has 0 bridgehead atoms. The van der Waals surface area contributed by atoms with E-state index in [0.29, 0.717) is 6.04 Å². The maximum Gasteiger partial charge on any atom is 0.325 e. The van der Waals surface area contributed by atoms with E-state index in [2.05, 4.69) is 27.7 Å². The fourth-order valence-corrected chi connectivity index (χ4v) is 4.75. The van der Waals surface area contributed by atoms with Crippen molar-refractivity contribution in [1.29, 1.82) is 0 Å². The van der Waals surface area contributed by atoms with E-state index < -0.39 is 12.0 Å². The second-order valence-corrected chi connectivity index (χ2v) is 8.71.